The molecule has 3 heterocycles. The van der Waals surface area contributed by atoms with Gasteiger partial charge >= 0.3 is 0 Å². The van der Waals surface area contributed by atoms with E-state index in [1.54, 1.807) is 48.9 Å². The fraction of sp³-hybridized carbons (Fsp3) is 0.111. The maximum absolute atomic E-state index is 13.0. The second-order valence-corrected chi connectivity index (χ2v) is 5.80. The van der Waals surface area contributed by atoms with E-state index in [0.29, 0.717) is 34.2 Å². The van der Waals surface area contributed by atoms with Crippen molar-refractivity contribution < 1.29 is 13.6 Å². The number of hydrogen-bond donors (Lipinski definition) is 0. The highest BCUT2D eigenvalue weighted by Gasteiger charge is 2.36. The summed E-state index contributed by atoms with van der Waals surface area (Å²) in [6, 6.07) is 13.8. The van der Waals surface area contributed by atoms with Gasteiger partial charge in [0.05, 0.1) is 23.1 Å². The lowest BCUT2D eigenvalue weighted by Gasteiger charge is -2.20. The van der Waals surface area contributed by atoms with Crippen LogP contribution in [0.4, 0.5) is 0 Å². The Morgan fingerprint density at radius 2 is 1.88 bits per heavy atom. The molecule has 4 rings (SSSR count). The van der Waals surface area contributed by atoms with E-state index in [0.717, 1.165) is 0 Å². The van der Waals surface area contributed by atoms with E-state index in [4.69, 9.17) is 20.4 Å². The molecule has 0 radical (unpaired) electrons. The van der Waals surface area contributed by atoms with Crippen LogP contribution >= 0.6 is 11.6 Å². The van der Waals surface area contributed by atoms with E-state index in [-0.39, 0.29) is 11.9 Å². The summed E-state index contributed by atoms with van der Waals surface area (Å²) in [7, 11) is 0. The van der Waals surface area contributed by atoms with Gasteiger partial charge in [-0.2, -0.15) is 5.10 Å². The molecule has 0 aliphatic carbocycles. The molecular weight excluding hydrogens is 328 g/mol. The van der Waals surface area contributed by atoms with Crippen LogP contribution in [0.2, 0.25) is 5.02 Å². The van der Waals surface area contributed by atoms with Crippen molar-refractivity contribution in [2.75, 3.05) is 0 Å². The topological polar surface area (TPSA) is 59.0 Å². The number of benzene rings is 1. The molecule has 1 aliphatic rings. The molecule has 3 aromatic rings. The highest BCUT2D eigenvalue weighted by Crippen LogP contribution is 2.35. The summed E-state index contributed by atoms with van der Waals surface area (Å²) in [6.07, 6.45) is 3.67. The predicted molar refractivity (Wildman–Crippen MR) is 88.9 cm³/mol. The molecular formula is C18H13ClN2O3. The average Bonchev–Trinajstić information content (AvgIpc) is 3.33. The number of hydrazone groups is 1. The molecule has 0 fully saturated rings. The van der Waals surface area contributed by atoms with Gasteiger partial charge in [-0.15, -0.1) is 0 Å². The number of nitrogens with zero attached hydrogens (tertiary/aromatic N) is 2. The third kappa shape index (κ3) is 2.53. The number of furan rings is 2. The van der Waals surface area contributed by atoms with Crippen molar-refractivity contribution in [3.05, 3.63) is 83.2 Å². The minimum Gasteiger partial charge on any atom is -0.467 e. The second-order valence-electron chi connectivity index (χ2n) is 5.39. The van der Waals surface area contributed by atoms with E-state index in [9.17, 15) is 4.79 Å². The lowest BCUT2D eigenvalue weighted by Crippen LogP contribution is -2.27. The van der Waals surface area contributed by atoms with Crippen molar-refractivity contribution in [2.24, 2.45) is 5.10 Å². The number of halogens is 1. The van der Waals surface area contributed by atoms with Crippen LogP contribution in [-0.2, 0) is 0 Å². The van der Waals surface area contributed by atoms with E-state index in [1.807, 2.05) is 12.1 Å². The minimum atomic E-state index is -0.330. The zero-order chi connectivity index (χ0) is 16.5. The van der Waals surface area contributed by atoms with Crippen molar-refractivity contribution in [1.29, 1.82) is 0 Å². The van der Waals surface area contributed by atoms with Gasteiger partial charge in [-0.05, 0) is 36.4 Å². The first-order valence-corrected chi connectivity index (χ1v) is 7.84. The van der Waals surface area contributed by atoms with Gasteiger partial charge in [0.2, 0.25) is 0 Å². The zero-order valence-electron chi connectivity index (χ0n) is 12.6. The Balaban J connectivity index is 1.74. The molecule has 1 aromatic carbocycles. The first kappa shape index (κ1) is 14.8. The van der Waals surface area contributed by atoms with Crippen LogP contribution < -0.4 is 0 Å². The van der Waals surface area contributed by atoms with Crippen molar-refractivity contribution in [3.63, 3.8) is 0 Å². The molecule has 6 heteroatoms. The largest absolute Gasteiger partial charge is 0.467 e. The molecule has 0 bridgehead atoms. The van der Waals surface area contributed by atoms with Crippen molar-refractivity contribution >= 4 is 23.2 Å². The third-order valence-corrected chi connectivity index (χ3v) is 4.23. The van der Waals surface area contributed by atoms with E-state index in [2.05, 4.69) is 5.10 Å². The van der Waals surface area contributed by atoms with E-state index in [1.165, 1.54) is 5.01 Å². The molecule has 120 valence electrons. The zero-order valence-corrected chi connectivity index (χ0v) is 13.3. The molecule has 0 unspecified atom stereocenters. The molecule has 0 saturated carbocycles. The summed E-state index contributed by atoms with van der Waals surface area (Å²) in [5.74, 6) is 1.03. The van der Waals surface area contributed by atoms with Gasteiger partial charge in [-0.3, -0.25) is 4.79 Å². The van der Waals surface area contributed by atoms with E-state index < -0.39 is 0 Å². The molecule has 0 N–H and O–H groups in total. The Kier molecular flexibility index (Phi) is 3.70. The highest BCUT2D eigenvalue weighted by molar-refractivity contribution is 6.33. The van der Waals surface area contributed by atoms with E-state index >= 15 is 0 Å². The fourth-order valence-corrected chi connectivity index (χ4v) is 2.97. The summed E-state index contributed by atoms with van der Waals surface area (Å²) in [5, 5.41) is 6.28. The Hall–Kier alpha value is -2.79. The van der Waals surface area contributed by atoms with Gasteiger partial charge in [0.25, 0.3) is 5.91 Å². The quantitative estimate of drug-likeness (QED) is 0.704. The van der Waals surface area contributed by atoms with Gasteiger partial charge in [0.15, 0.2) is 0 Å². The number of carbonyl (C=O) groups is 1. The molecule has 24 heavy (non-hydrogen) atoms. The lowest BCUT2D eigenvalue weighted by molar-refractivity contribution is 0.0693. The van der Waals surface area contributed by atoms with Crippen molar-refractivity contribution in [3.8, 4) is 0 Å². The maximum Gasteiger partial charge on any atom is 0.276 e. The number of amides is 1. The van der Waals surface area contributed by atoms with Crippen LogP contribution in [-0.4, -0.2) is 16.6 Å². The summed E-state index contributed by atoms with van der Waals surface area (Å²) < 4.78 is 10.9. The smallest absolute Gasteiger partial charge is 0.276 e. The molecule has 5 nitrogen and oxygen atoms in total. The normalized spacial score (nSPS) is 17.1. The Morgan fingerprint density at radius 3 is 2.58 bits per heavy atom. The number of carbonyl (C=O) groups excluding carboxylic acids is 1. The van der Waals surface area contributed by atoms with Crippen LogP contribution in [0.15, 0.2) is 75.0 Å². The van der Waals surface area contributed by atoms with Gasteiger partial charge in [-0.25, -0.2) is 5.01 Å². The maximum atomic E-state index is 13.0. The first-order chi connectivity index (χ1) is 11.7. The minimum absolute atomic E-state index is 0.274. The Morgan fingerprint density at radius 1 is 1.08 bits per heavy atom. The fourth-order valence-electron chi connectivity index (χ4n) is 2.75. The Labute approximate surface area is 143 Å². The average molecular weight is 341 g/mol. The van der Waals surface area contributed by atoms with Crippen LogP contribution in [0, 0.1) is 0 Å². The van der Waals surface area contributed by atoms with Crippen molar-refractivity contribution in [1.82, 2.24) is 5.01 Å². The van der Waals surface area contributed by atoms with Crippen LogP contribution in [0.1, 0.15) is 34.3 Å². The monoisotopic (exact) mass is 340 g/mol. The van der Waals surface area contributed by atoms with Gasteiger partial charge < -0.3 is 8.83 Å². The lowest BCUT2D eigenvalue weighted by atomic mass is 10.1. The van der Waals surface area contributed by atoms with Crippen LogP contribution in [0.3, 0.4) is 0 Å². The number of rotatable bonds is 3. The summed E-state index contributed by atoms with van der Waals surface area (Å²) in [4.78, 5) is 13.0. The van der Waals surface area contributed by atoms with Crippen LogP contribution in [0.25, 0.3) is 0 Å². The summed E-state index contributed by atoms with van der Waals surface area (Å²) in [6.45, 7) is 0. The molecule has 0 saturated heterocycles. The van der Waals surface area contributed by atoms with Gasteiger partial charge in [-0.1, -0.05) is 23.7 Å². The molecule has 1 atom stereocenters. The summed E-state index contributed by atoms with van der Waals surface area (Å²) in [5.41, 5.74) is 1.10. The third-order valence-electron chi connectivity index (χ3n) is 3.90. The predicted octanol–water partition coefficient (Wildman–Crippen LogP) is 4.52. The van der Waals surface area contributed by atoms with Gasteiger partial charge in [0, 0.05) is 6.42 Å². The molecule has 1 amide bonds. The highest BCUT2D eigenvalue weighted by atomic mass is 35.5. The van der Waals surface area contributed by atoms with Gasteiger partial charge in [0.1, 0.15) is 23.3 Å². The molecule has 1 aliphatic heterocycles. The number of hydrogen-bond acceptors (Lipinski definition) is 4. The SMILES string of the molecule is O=C(c1ccccc1Cl)N1N=C(c2ccco2)C[C@H]1c1ccco1. The second kappa shape index (κ2) is 6.02. The standard InChI is InChI=1S/C18H13ClN2O3/c19-13-6-2-1-5-12(13)18(22)21-15(17-8-4-10-24-17)11-14(20-21)16-7-3-9-23-16/h1-10,15H,11H2/t15-/m0/s1. The Bertz CT molecular complexity index is 885. The molecule has 0 spiro atoms. The first-order valence-electron chi connectivity index (χ1n) is 7.47. The van der Waals surface area contributed by atoms with Crippen LogP contribution in [0.5, 0.6) is 0 Å². The molecule has 2 aromatic heterocycles. The van der Waals surface area contributed by atoms with Crippen molar-refractivity contribution in [2.45, 2.75) is 12.5 Å². The summed E-state index contributed by atoms with van der Waals surface area (Å²) >= 11 is 6.17.